The Labute approximate surface area is 88.9 Å². The van der Waals surface area contributed by atoms with Crippen molar-refractivity contribution in [3.63, 3.8) is 0 Å². The Bertz CT molecular complexity index is 145. The molecule has 1 heteroatoms. The molecule has 0 amide bonds. The summed E-state index contributed by atoms with van der Waals surface area (Å²) in [4.78, 5) is 0. The van der Waals surface area contributed by atoms with E-state index < -0.39 is 0 Å². The molecule has 1 N–H and O–H groups in total. The molecule has 0 aromatic heterocycles. The van der Waals surface area contributed by atoms with E-state index >= 15 is 0 Å². The highest BCUT2D eigenvalue weighted by atomic mass is 16.3. The van der Waals surface area contributed by atoms with Crippen molar-refractivity contribution in [3.05, 3.63) is 0 Å². The summed E-state index contributed by atoms with van der Waals surface area (Å²) < 4.78 is 0. The SMILES string of the molecule is CC(C)CCC(O)C1CCC(C)CC1. The predicted molar refractivity (Wildman–Crippen MR) is 61.2 cm³/mol. The summed E-state index contributed by atoms with van der Waals surface area (Å²) in [6.07, 6.45) is 7.31. The summed E-state index contributed by atoms with van der Waals surface area (Å²) in [5.74, 6) is 2.22. The van der Waals surface area contributed by atoms with Crippen molar-refractivity contribution in [2.24, 2.45) is 17.8 Å². The molecule has 1 aliphatic carbocycles. The van der Waals surface area contributed by atoms with Crippen LogP contribution >= 0.6 is 0 Å². The molecule has 0 saturated heterocycles. The Morgan fingerprint density at radius 2 is 1.64 bits per heavy atom. The van der Waals surface area contributed by atoms with Gasteiger partial charge in [0.25, 0.3) is 0 Å². The lowest BCUT2D eigenvalue weighted by Gasteiger charge is -2.30. The van der Waals surface area contributed by atoms with Crippen LogP contribution in [0.3, 0.4) is 0 Å². The number of aliphatic hydroxyl groups excluding tert-OH is 1. The minimum absolute atomic E-state index is 0.0232. The summed E-state index contributed by atoms with van der Waals surface area (Å²) in [5.41, 5.74) is 0. The number of rotatable bonds is 4. The minimum atomic E-state index is -0.0232. The summed E-state index contributed by atoms with van der Waals surface area (Å²) in [6.45, 7) is 6.79. The van der Waals surface area contributed by atoms with E-state index in [2.05, 4.69) is 20.8 Å². The van der Waals surface area contributed by atoms with Gasteiger partial charge in [0.15, 0.2) is 0 Å². The zero-order chi connectivity index (χ0) is 10.6. The Morgan fingerprint density at radius 1 is 1.07 bits per heavy atom. The molecule has 0 aliphatic heterocycles. The van der Waals surface area contributed by atoms with Crippen molar-refractivity contribution in [1.82, 2.24) is 0 Å². The van der Waals surface area contributed by atoms with E-state index in [1.54, 1.807) is 0 Å². The minimum Gasteiger partial charge on any atom is -0.393 e. The van der Waals surface area contributed by atoms with E-state index in [0.717, 1.165) is 18.3 Å². The van der Waals surface area contributed by atoms with Crippen LogP contribution in [0.1, 0.15) is 59.3 Å². The van der Waals surface area contributed by atoms with Crippen LogP contribution in [0, 0.1) is 17.8 Å². The Morgan fingerprint density at radius 3 is 2.14 bits per heavy atom. The Hall–Kier alpha value is -0.0400. The van der Waals surface area contributed by atoms with Gasteiger partial charge in [0.05, 0.1) is 6.10 Å². The molecular weight excluding hydrogens is 172 g/mol. The highest BCUT2D eigenvalue weighted by Gasteiger charge is 2.24. The monoisotopic (exact) mass is 198 g/mol. The van der Waals surface area contributed by atoms with Crippen molar-refractivity contribution in [2.45, 2.75) is 65.4 Å². The fourth-order valence-corrected chi connectivity index (χ4v) is 2.41. The Kier molecular flexibility index (Phi) is 4.94. The van der Waals surface area contributed by atoms with Crippen LogP contribution in [0.2, 0.25) is 0 Å². The van der Waals surface area contributed by atoms with Crippen LogP contribution in [0.5, 0.6) is 0 Å². The molecule has 0 spiro atoms. The topological polar surface area (TPSA) is 20.2 Å². The van der Waals surface area contributed by atoms with Gasteiger partial charge in [0.1, 0.15) is 0 Å². The van der Waals surface area contributed by atoms with Crippen LogP contribution in [-0.4, -0.2) is 11.2 Å². The third-order valence-electron chi connectivity index (χ3n) is 3.64. The zero-order valence-electron chi connectivity index (χ0n) is 10.00. The molecule has 0 radical (unpaired) electrons. The van der Waals surface area contributed by atoms with Gasteiger partial charge in [-0.05, 0) is 43.4 Å². The smallest absolute Gasteiger partial charge is 0.0568 e. The van der Waals surface area contributed by atoms with Gasteiger partial charge in [-0.15, -0.1) is 0 Å². The summed E-state index contributed by atoms with van der Waals surface area (Å²) in [5, 5.41) is 10.0. The van der Waals surface area contributed by atoms with Gasteiger partial charge < -0.3 is 5.11 Å². The maximum absolute atomic E-state index is 10.0. The van der Waals surface area contributed by atoms with Gasteiger partial charge >= 0.3 is 0 Å². The first-order valence-electron chi connectivity index (χ1n) is 6.27. The zero-order valence-corrected chi connectivity index (χ0v) is 10.00. The maximum Gasteiger partial charge on any atom is 0.0568 e. The number of aliphatic hydroxyl groups is 1. The van der Waals surface area contributed by atoms with E-state index in [9.17, 15) is 5.11 Å². The molecule has 0 heterocycles. The van der Waals surface area contributed by atoms with E-state index in [-0.39, 0.29) is 6.10 Å². The van der Waals surface area contributed by atoms with Gasteiger partial charge in [-0.3, -0.25) is 0 Å². The highest BCUT2D eigenvalue weighted by molar-refractivity contribution is 4.76. The van der Waals surface area contributed by atoms with Gasteiger partial charge in [-0.1, -0.05) is 33.6 Å². The predicted octanol–water partition coefficient (Wildman–Crippen LogP) is 3.61. The summed E-state index contributed by atoms with van der Waals surface area (Å²) in [7, 11) is 0. The molecule has 0 bridgehead atoms. The van der Waals surface area contributed by atoms with Crippen LogP contribution in [0.25, 0.3) is 0 Å². The summed E-state index contributed by atoms with van der Waals surface area (Å²) >= 11 is 0. The van der Waals surface area contributed by atoms with E-state index in [1.165, 1.54) is 32.1 Å². The van der Waals surface area contributed by atoms with Crippen LogP contribution in [-0.2, 0) is 0 Å². The van der Waals surface area contributed by atoms with Gasteiger partial charge in [-0.25, -0.2) is 0 Å². The van der Waals surface area contributed by atoms with Crippen molar-refractivity contribution in [3.8, 4) is 0 Å². The first kappa shape index (κ1) is 12.0. The first-order chi connectivity index (χ1) is 6.59. The van der Waals surface area contributed by atoms with E-state index in [0.29, 0.717) is 5.92 Å². The number of hydrogen-bond acceptors (Lipinski definition) is 1. The van der Waals surface area contributed by atoms with Gasteiger partial charge in [0.2, 0.25) is 0 Å². The molecule has 1 saturated carbocycles. The lowest BCUT2D eigenvalue weighted by Crippen LogP contribution is -2.25. The van der Waals surface area contributed by atoms with E-state index in [4.69, 9.17) is 0 Å². The molecule has 1 aliphatic rings. The van der Waals surface area contributed by atoms with Gasteiger partial charge in [-0.2, -0.15) is 0 Å². The average molecular weight is 198 g/mol. The normalized spacial score (nSPS) is 30.6. The molecule has 1 unspecified atom stereocenters. The molecule has 1 fully saturated rings. The molecule has 0 aromatic carbocycles. The van der Waals surface area contributed by atoms with Gasteiger partial charge in [0, 0.05) is 0 Å². The molecular formula is C13H26O. The quantitative estimate of drug-likeness (QED) is 0.731. The van der Waals surface area contributed by atoms with E-state index in [1.807, 2.05) is 0 Å². The molecule has 1 rings (SSSR count). The molecule has 14 heavy (non-hydrogen) atoms. The van der Waals surface area contributed by atoms with Crippen LogP contribution in [0.15, 0.2) is 0 Å². The molecule has 84 valence electrons. The van der Waals surface area contributed by atoms with Crippen LogP contribution < -0.4 is 0 Å². The summed E-state index contributed by atoms with van der Waals surface area (Å²) in [6, 6.07) is 0. The molecule has 0 aromatic rings. The lowest BCUT2D eigenvalue weighted by molar-refractivity contribution is 0.0643. The van der Waals surface area contributed by atoms with Crippen molar-refractivity contribution < 1.29 is 5.11 Å². The third-order valence-corrected chi connectivity index (χ3v) is 3.64. The first-order valence-corrected chi connectivity index (χ1v) is 6.27. The molecule has 1 atom stereocenters. The third kappa shape index (κ3) is 4.00. The second-order valence-corrected chi connectivity index (χ2v) is 5.56. The Balaban J connectivity index is 2.20. The maximum atomic E-state index is 10.0. The molecule has 1 nitrogen and oxygen atoms in total. The highest BCUT2D eigenvalue weighted by Crippen LogP contribution is 2.32. The second kappa shape index (κ2) is 5.75. The fraction of sp³-hybridized carbons (Fsp3) is 1.00. The lowest BCUT2D eigenvalue weighted by atomic mass is 9.79. The number of hydrogen-bond donors (Lipinski definition) is 1. The second-order valence-electron chi connectivity index (χ2n) is 5.56. The fourth-order valence-electron chi connectivity index (χ4n) is 2.41. The van der Waals surface area contributed by atoms with Crippen LogP contribution in [0.4, 0.5) is 0 Å². The van der Waals surface area contributed by atoms with Crippen molar-refractivity contribution in [2.75, 3.05) is 0 Å². The van der Waals surface area contributed by atoms with Crippen molar-refractivity contribution in [1.29, 1.82) is 0 Å². The van der Waals surface area contributed by atoms with Crippen molar-refractivity contribution >= 4 is 0 Å². The largest absolute Gasteiger partial charge is 0.393 e. The standard InChI is InChI=1S/C13H26O/c1-10(2)4-9-13(14)12-7-5-11(3)6-8-12/h10-14H,4-9H2,1-3H3. The average Bonchev–Trinajstić information content (AvgIpc) is 2.15.